The molecule has 2 aliphatic rings. The van der Waals surface area contributed by atoms with Gasteiger partial charge in [-0.1, -0.05) is 18.2 Å². The molecule has 4 rings (SSSR count). The molecular weight excluding hydrogens is 624 g/mol. The van der Waals surface area contributed by atoms with E-state index in [9.17, 15) is 35.5 Å². The number of fused-ring (bicyclic) bond motifs is 2. The van der Waals surface area contributed by atoms with Crippen molar-refractivity contribution in [3.05, 3.63) is 83.6 Å². The Morgan fingerprint density at radius 1 is 0.778 bits per heavy atom. The van der Waals surface area contributed by atoms with E-state index in [1.165, 1.54) is 24.3 Å². The maximum absolute atomic E-state index is 11.7. The van der Waals surface area contributed by atoms with Crippen molar-refractivity contribution in [2.75, 3.05) is 18.0 Å². The highest BCUT2D eigenvalue weighted by molar-refractivity contribution is 7.86. The smallest absolute Gasteiger partial charge is 0.303 e. The van der Waals surface area contributed by atoms with Gasteiger partial charge < -0.3 is 15.1 Å². The molecule has 0 atom stereocenters. The van der Waals surface area contributed by atoms with Crippen molar-refractivity contribution in [3.63, 3.8) is 0 Å². The fourth-order valence-corrected chi connectivity index (χ4v) is 6.52. The van der Waals surface area contributed by atoms with E-state index in [2.05, 4.69) is 0 Å². The summed E-state index contributed by atoms with van der Waals surface area (Å²) in [6.45, 7) is 1.05. The fraction of sp³-hybridized carbons (Fsp3) is 0.323. The van der Waals surface area contributed by atoms with Crippen molar-refractivity contribution in [2.24, 2.45) is 0 Å². The Balaban J connectivity index is 1.54. The summed E-state index contributed by atoms with van der Waals surface area (Å²) in [5.74, 6) is -1.75. The average Bonchev–Trinajstić information content (AvgIpc) is 3.48. The minimum Gasteiger partial charge on any atom is -0.481 e. The van der Waals surface area contributed by atoms with Gasteiger partial charge in [-0.3, -0.25) is 18.7 Å². The fourth-order valence-electron chi connectivity index (χ4n) is 5.46. The number of allylic oxidation sites excluding steroid dienone is 6. The van der Waals surface area contributed by atoms with Crippen LogP contribution in [0.2, 0.25) is 0 Å². The van der Waals surface area contributed by atoms with Crippen molar-refractivity contribution in [2.45, 2.75) is 61.2 Å². The number of hydrogen-bond acceptors (Lipinski definition) is 7. The molecular formula is C31H35N2O10S2+. The van der Waals surface area contributed by atoms with Crippen molar-refractivity contribution in [1.29, 1.82) is 0 Å². The molecule has 2 aromatic rings. The number of benzene rings is 2. The minimum atomic E-state index is -4.37. The highest BCUT2D eigenvalue weighted by Gasteiger charge is 2.30. The molecule has 0 fully saturated rings. The van der Waals surface area contributed by atoms with E-state index in [1.807, 2.05) is 39.9 Å². The maximum atomic E-state index is 11.7. The molecule has 2 aromatic carbocycles. The first-order valence-corrected chi connectivity index (χ1v) is 17.2. The van der Waals surface area contributed by atoms with Crippen molar-refractivity contribution in [1.82, 2.24) is 0 Å². The van der Waals surface area contributed by atoms with Crippen LogP contribution < -0.4 is 4.90 Å². The van der Waals surface area contributed by atoms with Crippen LogP contribution in [0, 0.1) is 0 Å². The highest BCUT2D eigenvalue weighted by atomic mass is 32.2. The Labute approximate surface area is 261 Å². The SMILES string of the molecule is O=C(O)CCCCN1\C(=C/C=C/C=C/C2=[N+](CCCCC(=O)O)c3ccc(S(=O)(=O)O)cc3C2)Cc2cc(S(=O)(=O)O)ccc21. The summed E-state index contributed by atoms with van der Waals surface area (Å²) in [4.78, 5) is 23.5. The van der Waals surface area contributed by atoms with Gasteiger partial charge in [0.05, 0.1) is 16.2 Å². The molecule has 0 unspecified atom stereocenters. The largest absolute Gasteiger partial charge is 0.481 e. The van der Waals surface area contributed by atoms with Crippen LogP contribution in [0.4, 0.5) is 11.4 Å². The lowest BCUT2D eigenvalue weighted by Gasteiger charge is -2.21. The normalized spacial score (nSPS) is 15.9. The molecule has 14 heteroatoms. The third-order valence-corrected chi connectivity index (χ3v) is 9.26. The molecule has 0 aromatic heterocycles. The molecule has 0 saturated carbocycles. The molecule has 2 heterocycles. The van der Waals surface area contributed by atoms with E-state index in [0.717, 1.165) is 33.9 Å². The molecule has 12 nitrogen and oxygen atoms in total. The summed E-state index contributed by atoms with van der Waals surface area (Å²) >= 11 is 0. The molecule has 45 heavy (non-hydrogen) atoms. The summed E-state index contributed by atoms with van der Waals surface area (Å²) in [6.07, 6.45) is 12.3. The number of anilines is 1. The van der Waals surface area contributed by atoms with Crippen molar-refractivity contribution in [3.8, 4) is 0 Å². The van der Waals surface area contributed by atoms with E-state index >= 15 is 0 Å². The zero-order valence-corrected chi connectivity index (χ0v) is 26.0. The first-order valence-electron chi connectivity index (χ1n) is 14.3. The van der Waals surface area contributed by atoms with Crippen LogP contribution in [0.5, 0.6) is 0 Å². The maximum Gasteiger partial charge on any atom is 0.303 e. The van der Waals surface area contributed by atoms with Gasteiger partial charge in [0.25, 0.3) is 20.2 Å². The number of carboxylic acids is 2. The van der Waals surface area contributed by atoms with E-state index < -0.39 is 32.2 Å². The predicted octanol–water partition coefficient (Wildman–Crippen LogP) is 4.39. The molecule has 0 saturated heterocycles. The third kappa shape index (κ3) is 8.97. The summed E-state index contributed by atoms with van der Waals surface area (Å²) < 4.78 is 67.6. The first kappa shape index (κ1) is 33.8. The number of unbranched alkanes of at least 4 members (excludes halogenated alkanes) is 2. The van der Waals surface area contributed by atoms with Crippen molar-refractivity contribution >= 4 is 49.3 Å². The second-order valence-electron chi connectivity index (χ2n) is 10.8. The van der Waals surface area contributed by atoms with Crippen molar-refractivity contribution < 1.29 is 50.3 Å². The summed E-state index contributed by atoms with van der Waals surface area (Å²) in [5, 5.41) is 17.9. The Hall–Kier alpha value is -4.11. The number of hydrogen-bond donors (Lipinski definition) is 4. The Morgan fingerprint density at radius 2 is 1.40 bits per heavy atom. The number of carbonyl (C=O) groups is 2. The van der Waals surface area contributed by atoms with Gasteiger partial charge in [-0.05, 0) is 61.2 Å². The van der Waals surface area contributed by atoms with E-state index in [4.69, 9.17) is 10.2 Å². The quantitative estimate of drug-likeness (QED) is 0.0918. The molecule has 4 N–H and O–H groups in total. The highest BCUT2D eigenvalue weighted by Crippen LogP contribution is 2.36. The number of nitrogens with zero attached hydrogens (tertiary/aromatic N) is 2. The van der Waals surface area contributed by atoms with Gasteiger partial charge in [-0.15, -0.1) is 0 Å². The average molecular weight is 660 g/mol. The zero-order chi connectivity index (χ0) is 32.8. The van der Waals surface area contributed by atoms with Crippen LogP contribution in [0.25, 0.3) is 0 Å². The molecule has 0 bridgehead atoms. The standard InChI is InChI=1S/C31H34N2O10S2/c34-30(35)10-4-6-16-32-24(18-22-20-26(44(38,39)40)12-14-28(22)32)8-2-1-3-9-25-19-23-21-27(45(41,42)43)13-15-29(23)33(25)17-7-5-11-31(36)37/h1-3,8-9,12-15,20-21H,4-7,10-11,16-19H2,(H3-,34,35,36,37,38,39,40,41,42,43)/p+1. The van der Waals surface area contributed by atoms with Crippen LogP contribution in [-0.2, 0) is 42.7 Å². The third-order valence-electron chi connectivity index (χ3n) is 7.56. The monoisotopic (exact) mass is 659 g/mol. The number of rotatable bonds is 15. The summed E-state index contributed by atoms with van der Waals surface area (Å²) in [5.41, 5.74) is 4.76. The van der Waals surface area contributed by atoms with Crippen LogP contribution in [0.1, 0.15) is 49.7 Å². The van der Waals surface area contributed by atoms with Gasteiger partial charge in [0.2, 0.25) is 5.69 Å². The van der Waals surface area contributed by atoms with Gasteiger partial charge in [0, 0.05) is 61.3 Å². The topological polar surface area (TPSA) is 190 Å². The summed E-state index contributed by atoms with van der Waals surface area (Å²) in [6, 6.07) is 8.81. The lowest BCUT2D eigenvalue weighted by molar-refractivity contribution is -0.437. The lowest BCUT2D eigenvalue weighted by Crippen LogP contribution is -2.20. The predicted molar refractivity (Wildman–Crippen MR) is 166 cm³/mol. The Bertz CT molecular complexity index is 1820. The van der Waals surface area contributed by atoms with Gasteiger partial charge in [-0.2, -0.15) is 21.4 Å². The number of carboxylic acid groups (broad SMARTS) is 2. The van der Waals surface area contributed by atoms with Gasteiger partial charge in [0.15, 0.2) is 5.71 Å². The van der Waals surface area contributed by atoms with Crippen LogP contribution in [0.15, 0.2) is 82.3 Å². The van der Waals surface area contributed by atoms with Gasteiger partial charge in [-0.25, -0.2) is 0 Å². The Kier molecular flexibility index (Phi) is 10.8. The molecule has 2 aliphatic heterocycles. The molecule has 0 spiro atoms. The van der Waals surface area contributed by atoms with Gasteiger partial charge >= 0.3 is 11.9 Å². The first-order chi connectivity index (χ1) is 21.2. The molecule has 0 radical (unpaired) electrons. The summed E-state index contributed by atoms with van der Waals surface area (Å²) in [7, 11) is -8.74. The lowest BCUT2D eigenvalue weighted by atomic mass is 10.1. The van der Waals surface area contributed by atoms with E-state index in [1.54, 1.807) is 12.1 Å². The molecule has 240 valence electrons. The second kappa shape index (κ2) is 14.3. The van der Waals surface area contributed by atoms with E-state index in [-0.39, 0.29) is 22.6 Å². The number of aliphatic carboxylic acids is 2. The van der Waals surface area contributed by atoms with Crippen LogP contribution in [-0.4, -0.2) is 71.5 Å². The van der Waals surface area contributed by atoms with Crippen LogP contribution in [0.3, 0.4) is 0 Å². The zero-order valence-electron chi connectivity index (χ0n) is 24.4. The molecule has 0 amide bonds. The van der Waals surface area contributed by atoms with Crippen LogP contribution >= 0.6 is 0 Å². The molecule has 0 aliphatic carbocycles. The minimum absolute atomic E-state index is 0.0442. The Morgan fingerprint density at radius 3 is 2.04 bits per heavy atom. The van der Waals surface area contributed by atoms with Gasteiger partial charge in [0.1, 0.15) is 6.54 Å². The van der Waals surface area contributed by atoms with E-state index in [0.29, 0.717) is 51.6 Å². The second-order valence-corrected chi connectivity index (χ2v) is 13.6.